The monoisotopic (exact) mass is 294 g/mol. The Morgan fingerprint density at radius 2 is 2.10 bits per heavy atom. The number of carbonyl (C=O) groups is 1. The molecule has 1 fully saturated rings. The number of rotatable bonds is 5. The number of amides is 1. The number of hydrogen-bond acceptors (Lipinski definition) is 5. The minimum Gasteiger partial charge on any atom is -0.343 e. The fraction of sp³-hybridized carbons (Fsp3) is 0.800. The van der Waals surface area contributed by atoms with Crippen molar-refractivity contribution < 1.29 is 9.32 Å². The van der Waals surface area contributed by atoms with Crippen LogP contribution in [0.3, 0.4) is 0 Å². The predicted molar refractivity (Wildman–Crippen MR) is 79.6 cm³/mol. The molecule has 0 bridgehead atoms. The van der Waals surface area contributed by atoms with Crippen molar-refractivity contribution in [3.63, 3.8) is 0 Å². The summed E-state index contributed by atoms with van der Waals surface area (Å²) in [6.45, 7) is 8.30. The second kappa shape index (κ2) is 7.02. The third kappa shape index (κ3) is 4.52. The minimum atomic E-state index is 0.174. The summed E-state index contributed by atoms with van der Waals surface area (Å²) in [4.78, 5) is 20.0. The third-order valence-corrected chi connectivity index (χ3v) is 4.02. The summed E-state index contributed by atoms with van der Waals surface area (Å²) < 4.78 is 5.27. The Bertz CT molecular complexity index is 464. The highest BCUT2D eigenvalue weighted by molar-refractivity contribution is 5.73. The van der Waals surface area contributed by atoms with E-state index in [1.165, 1.54) is 0 Å². The molecule has 0 N–H and O–H groups in total. The Balaban J connectivity index is 1.83. The van der Waals surface area contributed by atoms with E-state index in [1.807, 2.05) is 4.90 Å². The van der Waals surface area contributed by atoms with E-state index in [0.717, 1.165) is 44.1 Å². The van der Waals surface area contributed by atoms with Crippen LogP contribution in [0.15, 0.2) is 4.52 Å². The molecule has 0 aliphatic carbocycles. The molecule has 0 atom stereocenters. The number of carbonyl (C=O) groups excluding carboxylic acids is 1. The second-order valence-electron chi connectivity index (χ2n) is 6.35. The molecule has 2 rings (SSSR count). The largest absolute Gasteiger partial charge is 0.343 e. The summed E-state index contributed by atoms with van der Waals surface area (Å²) in [6, 6.07) is 0.479. The molecule has 21 heavy (non-hydrogen) atoms. The van der Waals surface area contributed by atoms with Crippen molar-refractivity contribution in [2.75, 3.05) is 20.1 Å². The summed E-state index contributed by atoms with van der Waals surface area (Å²) in [5.41, 5.74) is 0. The Morgan fingerprint density at radius 1 is 1.43 bits per heavy atom. The molecular weight excluding hydrogens is 268 g/mol. The van der Waals surface area contributed by atoms with E-state index in [0.29, 0.717) is 18.5 Å². The predicted octanol–water partition coefficient (Wildman–Crippen LogP) is 1.71. The van der Waals surface area contributed by atoms with Gasteiger partial charge in [-0.1, -0.05) is 19.0 Å². The first-order valence-corrected chi connectivity index (χ1v) is 7.73. The maximum Gasteiger partial charge on any atom is 0.226 e. The second-order valence-corrected chi connectivity index (χ2v) is 6.35. The maximum absolute atomic E-state index is 11.3. The van der Waals surface area contributed by atoms with E-state index >= 15 is 0 Å². The zero-order valence-corrected chi connectivity index (χ0v) is 13.5. The maximum atomic E-state index is 11.3. The van der Waals surface area contributed by atoms with Crippen LogP contribution in [0.25, 0.3) is 0 Å². The summed E-state index contributed by atoms with van der Waals surface area (Å²) >= 11 is 0. The van der Waals surface area contributed by atoms with E-state index in [9.17, 15) is 4.79 Å². The average molecular weight is 294 g/mol. The molecule has 6 heteroatoms. The van der Waals surface area contributed by atoms with Crippen LogP contribution in [0.2, 0.25) is 0 Å². The molecule has 6 nitrogen and oxygen atoms in total. The third-order valence-electron chi connectivity index (χ3n) is 4.02. The molecule has 0 unspecified atom stereocenters. The van der Waals surface area contributed by atoms with Gasteiger partial charge < -0.3 is 9.42 Å². The number of hydrogen-bond donors (Lipinski definition) is 0. The van der Waals surface area contributed by atoms with Crippen molar-refractivity contribution in [1.82, 2.24) is 19.9 Å². The minimum absolute atomic E-state index is 0.174. The first kappa shape index (κ1) is 15.9. The zero-order valence-electron chi connectivity index (χ0n) is 13.5. The van der Waals surface area contributed by atoms with Crippen LogP contribution in [-0.2, 0) is 17.8 Å². The topological polar surface area (TPSA) is 62.5 Å². The molecule has 1 saturated heterocycles. The zero-order chi connectivity index (χ0) is 15.4. The molecule has 1 amide bonds. The van der Waals surface area contributed by atoms with Crippen molar-refractivity contribution in [1.29, 1.82) is 0 Å². The van der Waals surface area contributed by atoms with Gasteiger partial charge in [0.1, 0.15) is 0 Å². The number of likely N-dealkylation sites (tertiary alicyclic amines) is 1. The van der Waals surface area contributed by atoms with Crippen molar-refractivity contribution in [3.05, 3.63) is 11.7 Å². The molecule has 0 radical (unpaired) electrons. The standard InChI is InChI=1S/C15H26N4O2/c1-11(2)9-15-16-14(17-21-15)10-18(4)13-5-7-19(8-6-13)12(3)20/h11,13H,5-10H2,1-4H3. The van der Waals surface area contributed by atoms with Gasteiger partial charge >= 0.3 is 0 Å². The highest BCUT2D eigenvalue weighted by Crippen LogP contribution is 2.17. The van der Waals surface area contributed by atoms with Gasteiger partial charge in [0, 0.05) is 32.5 Å². The van der Waals surface area contributed by atoms with E-state index in [-0.39, 0.29) is 5.91 Å². The van der Waals surface area contributed by atoms with Crippen LogP contribution in [-0.4, -0.2) is 52.0 Å². The van der Waals surface area contributed by atoms with Crippen LogP contribution < -0.4 is 0 Å². The highest BCUT2D eigenvalue weighted by Gasteiger charge is 2.24. The van der Waals surface area contributed by atoms with Gasteiger partial charge in [-0.2, -0.15) is 4.98 Å². The lowest BCUT2D eigenvalue weighted by atomic mass is 10.0. The van der Waals surface area contributed by atoms with Gasteiger partial charge in [-0.25, -0.2) is 0 Å². The van der Waals surface area contributed by atoms with Crippen LogP contribution in [0.5, 0.6) is 0 Å². The lowest BCUT2D eigenvalue weighted by Crippen LogP contribution is -2.44. The molecule has 1 aliphatic heterocycles. The molecule has 1 aromatic rings. The van der Waals surface area contributed by atoms with E-state index in [1.54, 1.807) is 6.92 Å². The van der Waals surface area contributed by atoms with Crippen LogP contribution in [0.1, 0.15) is 45.3 Å². The van der Waals surface area contributed by atoms with Crippen molar-refractivity contribution in [2.45, 2.75) is 52.6 Å². The lowest BCUT2D eigenvalue weighted by molar-refractivity contribution is -0.130. The Kier molecular flexibility index (Phi) is 5.33. The fourth-order valence-corrected chi connectivity index (χ4v) is 2.76. The molecule has 1 aromatic heterocycles. The summed E-state index contributed by atoms with van der Waals surface area (Å²) in [6.07, 6.45) is 2.84. The highest BCUT2D eigenvalue weighted by atomic mass is 16.5. The molecule has 118 valence electrons. The molecule has 0 saturated carbocycles. The summed E-state index contributed by atoms with van der Waals surface area (Å²) in [5.74, 6) is 2.17. The summed E-state index contributed by atoms with van der Waals surface area (Å²) in [7, 11) is 2.09. The molecule has 2 heterocycles. The van der Waals surface area contributed by atoms with Crippen molar-refractivity contribution in [2.24, 2.45) is 5.92 Å². The number of piperidine rings is 1. The van der Waals surface area contributed by atoms with E-state index < -0.39 is 0 Å². The number of nitrogens with zero attached hydrogens (tertiary/aromatic N) is 4. The quantitative estimate of drug-likeness (QED) is 0.827. The van der Waals surface area contributed by atoms with E-state index in [2.05, 4.69) is 35.9 Å². The molecule has 0 aromatic carbocycles. The summed E-state index contributed by atoms with van der Waals surface area (Å²) in [5, 5.41) is 4.05. The Labute approximate surface area is 126 Å². The van der Waals surface area contributed by atoms with Crippen molar-refractivity contribution in [3.8, 4) is 0 Å². The normalized spacial score (nSPS) is 17.0. The SMILES string of the molecule is CC(=O)N1CCC(N(C)Cc2noc(CC(C)C)n2)CC1. The molecule has 1 aliphatic rings. The van der Waals surface area contributed by atoms with Crippen molar-refractivity contribution >= 4 is 5.91 Å². The lowest BCUT2D eigenvalue weighted by Gasteiger charge is -2.35. The Hall–Kier alpha value is -1.43. The molecular formula is C15H26N4O2. The molecule has 0 spiro atoms. The average Bonchev–Trinajstić information content (AvgIpc) is 2.85. The first-order chi connectivity index (χ1) is 9.95. The van der Waals surface area contributed by atoms with Gasteiger partial charge in [0.15, 0.2) is 5.82 Å². The van der Waals surface area contributed by atoms with Crippen LogP contribution in [0, 0.1) is 5.92 Å². The first-order valence-electron chi connectivity index (χ1n) is 7.73. The fourth-order valence-electron chi connectivity index (χ4n) is 2.76. The van der Waals surface area contributed by atoms with Gasteiger partial charge in [0.05, 0.1) is 6.54 Å². The van der Waals surface area contributed by atoms with Gasteiger partial charge in [-0.3, -0.25) is 9.69 Å². The number of aromatic nitrogens is 2. The van der Waals surface area contributed by atoms with Crippen LogP contribution in [0.4, 0.5) is 0 Å². The van der Waals surface area contributed by atoms with Crippen LogP contribution >= 0.6 is 0 Å². The van der Waals surface area contributed by atoms with Gasteiger partial charge in [0.25, 0.3) is 0 Å². The smallest absolute Gasteiger partial charge is 0.226 e. The van der Waals surface area contributed by atoms with Gasteiger partial charge in [-0.15, -0.1) is 0 Å². The van der Waals surface area contributed by atoms with E-state index in [4.69, 9.17) is 4.52 Å². The van der Waals surface area contributed by atoms with Gasteiger partial charge in [0.2, 0.25) is 11.8 Å². The Morgan fingerprint density at radius 3 is 2.67 bits per heavy atom. The van der Waals surface area contributed by atoms with Gasteiger partial charge in [-0.05, 0) is 25.8 Å².